The van der Waals surface area contributed by atoms with Crippen molar-refractivity contribution in [1.82, 2.24) is 19.5 Å². The first-order valence-electron chi connectivity index (χ1n) is 10.0. The number of aliphatic hydroxyl groups excluding tert-OH is 2. The molecule has 0 saturated heterocycles. The first-order valence-corrected chi connectivity index (χ1v) is 10.8. The van der Waals surface area contributed by atoms with Crippen molar-refractivity contribution >= 4 is 49.5 Å². The van der Waals surface area contributed by atoms with Crippen molar-refractivity contribution in [3.05, 3.63) is 64.3 Å². The molecule has 6 N–H and O–H groups in total. The van der Waals surface area contributed by atoms with E-state index in [4.69, 9.17) is 11.5 Å². The minimum Gasteiger partial charge on any atom is -0.388 e. The van der Waals surface area contributed by atoms with E-state index >= 15 is 0 Å². The Morgan fingerprint density at radius 1 is 1.06 bits per heavy atom. The molecule has 0 radical (unpaired) electrons. The zero-order chi connectivity index (χ0) is 22.6. The van der Waals surface area contributed by atoms with E-state index in [0.29, 0.717) is 50.6 Å². The first-order chi connectivity index (χ1) is 15.3. The number of aliphatic hydroxyl groups is 2. The Labute approximate surface area is 190 Å². The molecule has 164 valence electrons. The maximum atomic E-state index is 14.6. The lowest BCUT2D eigenvalue weighted by Gasteiger charge is -2.19. The van der Waals surface area contributed by atoms with E-state index in [1.165, 1.54) is 12.4 Å². The van der Waals surface area contributed by atoms with Gasteiger partial charge < -0.3 is 26.2 Å². The quantitative estimate of drug-likeness (QED) is 0.317. The molecule has 0 saturated carbocycles. The van der Waals surface area contributed by atoms with E-state index in [9.17, 15) is 14.6 Å². The fourth-order valence-corrected chi connectivity index (χ4v) is 4.56. The maximum absolute atomic E-state index is 14.6. The number of aryl methyl sites for hydroxylation is 1. The van der Waals surface area contributed by atoms with Crippen LogP contribution in [0.5, 0.6) is 0 Å². The van der Waals surface area contributed by atoms with E-state index < -0.39 is 18.2 Å². The van der Waals surface area contributed by atoms with E-state index in [2.05, 4.69) is 30.9 Å². The summed E-state index contributed by atoms with van der Waals surface area (Å²) in [5, 5.41) is 22.4. The Bertz CT molecular complexity index is 1390. The van der Waals surface area contributed by atoms with Gasteiger partial charge >= 0.3 is 0 Å². The largest absolute Gasteiger partial charge is 0.388 e. The Balaban J connectivity index is 1.42. The fourth-order valence-electron chi connectivity index (χ4n) is 4.24. The van der Waals surface area contributed by atoms with Crippen LogP contribution in [0.3, 0.4) is 0 Å². The molecule has 1 aliphatic carbocycles. The summed E-state index contributed by atoms with van der Waals surface area (Å²) >= 11 is 3.27. The highest BCUT2D eigenvalue weighted by molar-refractivity contribution is 9.10. The topological polar surface area (TPSA) is 136 Å². The predicted octanol–water partition coefficient (Wildman–Crippen LogP) is 2.88. The molecule has 0 spiro atoms. The number of halogens is 2. The molecule has 3 atom stereocenters. The number of nitrogens with two attached hydrogens (primary N) is 2. The molecule has 3 heterocycles. The van der Waals surface area contributed by atoms with Crippen LogP contribution in [0.4, 0.5) is 16.0 Å². The molecule has 1 aromatic carbocycles. The minimum absolute atomic E-state index is 0.289. The number of pyridine rings is 1. The minimum atomic E-state index is -1.04. The Hall–Kier alpha value is -3.08. The number of aromatic nitrogens is 4. The number of nitrogen functional groups attached to an aromatic ring is 2. The summed E-state index contributed by atoms with van der Waals surface area (Å²) in [4.78, 5) is 12.5. The molecule has 2 unspecified atom stereocenters. The van der Waals surface area contributed by atoms with Crippen LogP contribution in [0.2, 0.25) is 0 Å². The van der Waals surface area contributed by atoms with Gasteiger partial charge in [0.25, 0.3) is 0 Å². The summed E-state index contributed by atoms with van der Waals surface area (Å²) in [5.74, 6) is 0.253. The van der Waals surface area contributed by atoms with Gasteiger partial charge in [-0.25, -0.2) is 19.3 Å². The first kappa shape index (κ1) is 20.8. The number of anilines is 2. The number of hydrogen-bond donors (Lipinski definition) is 4. The van der Waals surface area contributed by atoms with Crippen molar-refractivity contribution in [1.29, 1.82) is 0 Å². The van der Waals surface area contributed by atoms with Crippen molar-refractivity contribution in [2.24, 2.45) is 0 Å². The van der Waals surface area contributed by atoms with Crippen LogP contribution >= 0.6 is 15.9 Å². The molecule has 4 aromatic rings. The Kier molecular flexibility index (Phi) is 5.07. The average Bonchev–Trinajstić information content (AvgIpc) is 3.31. The van der Waals surface area contributed by atoms with Crippen LogP contribution in [0.25, 0.3) is 21.9 Å². The van der Waals surface area contributed by atoms with Gasteiger partial charge in [0.2, 0.25) is 0 Å². The lowest BCUT2D eigenvalue weighted by atomic mass is 10.0. The molecule has 0 aliphatic heterocycles. The zero-order valence-corrected chi connectivity index (χ0v) is 18.4. The summed E-state index contributed by atoms with van der Waals surface area (Å²) in [6.07, 6.45) is 3.80. The van der Waals surface area contributed by atoms with Gasteiger partial charge in [-0.2, -0.15) is 0 Å². The van der Waals surface area contributed by atoms with Gasteiger partial charge in [-0.3, -0.25) is 0 Å². The second kappa shape index (κ2) is 7.80. The summed E-state index contributed by atoms with van der Waals surface area (Å²) < 4.78 is 16.9. The summed E-state index contributed by atoms with van der Waals surface area (Å²) in [7, 11) is 0. The molecule has 0 fully saturated rings. The SMILES string of the molecule is Nc1nc2cc(CCC3=CC(n4ccc5c(N)ncnc54)[C@@H](O)C3O)cc(F)c2cc1Br. The molecule has 32 heavy (non-hydrogen) atoms. The molecule has 0 amide bonds. The van der Waals surface area contributed by atoms with Crippen LogP contribution < -0.4 is 11.5 Å². The number of hydrogen-bond acceptors (Lipinski definition) is 7. The number of nitrogens with zero attached hydrogens (tertiary/aromatic N) is 4. The second-order valence-corrected chi connectivity index (χ2v) is 8.74. The lowest BCUT2D eigenvalue weighted by molar-refractivity contribution is 0.0317. The van der Waals surface area contributed by atoms with Crippen LogP contribution in [0.15, 0.2) is 52.9 Å². The van der Waals surface area contributed by atoms with Crippen LogP contribution in [-0.4, -0.2) is 41.9 Å². The standard InChI is InChI=1S/C22H20BrFN6O2/c23-14-8-13-15(24)5-10(6-16(13)29-21(14)26)1-2-11-7-17(19(32)18(11)31)30-4-3-12-20(25)27-9-28-22(12)30/h3-9,17-19,31-32H,1-2H2,(H2,26,29)(H2,25,27,28)/t17?,18?,19-/m1/s1. The van der Waals surface area contributed by atoms with Crippen LogP contribution in [0, 0.1) is 5.82 Å². The van der Waals surface area contributed by atoms with Gasteiger partial charge in [0, 0.05) is 11.6 Å². The van der Waals surface area contributed by atoms with Crippen molar-refractivity contribution in [2.75, 3.05) is 11.5 Å². The van der Waals surface area contributed by atoms with Gasteiger partial charge in [0.15, 0.2) is 0 Å². The van der Waals surface area contributed by atoms with Crippen molar-refractivity contribution in [3.63, 3.8) is 0 Å². The number of fused-ring (bicyclic) bond motifs is 2. The lowest BCUT2D eigenvalue weighted by Crippen LogP contribution is -2.29. The molecule has 5 rings (SSSR count). The van der Waals surface area contributed by atoms with E-state index in [0.717, 1.165) is 5.56 Å². The monoisotopic (exact) mass is 498 g/mol. The third-order valence-corrected chi connectivity index (χ3v) is 6.56. The van der Waals surface area contributed by atoms with Gasteiger partial charge in [0.1, 0.15) is 41.6 Å². The predicted molar refractivity (Wildman–Crippen MR) is 123 cm³/mol. The molecule has 0 bridgehead atoms. The highest BCUT2D eigenvalue weighted by Crippen LogP contribution is 2.35. The van der Waals surface area contributed by atoms with Gasteiger partial charge in [-0.15, -0.1) is 0 Å². The van der Waals surface area contributed by atoms with E-state index in [1.807, 2.05) is 6.08 Å². The van der Waals surface area contributed by atoms with Crippen molar-refractivity contribution in [3.8, 4) is 0 Å². The molecular formula is C22H20BrFN6O2. The second-order valence-electron chi connectivity index (χ2n) is 7.89. The van der Waals surface area contributed by atoms with E-state index in [-0.39, 0.29) is 11.6 Å². The summed E-state index contributed by atoms with van der Waals surface area (Å²) in [6.45, 7) is 0. The molecule has 1 aliphatic rings. The highest BCUT2D eigenvalue weighted by atomic mass is 79.9. The normalized spacial score (nSPS) is 20.9. The fraction of sp³-hybridized carbons (Fsp3) is 0.227. The molecular weight excluding hydrogens is 479 g/mol. The van der Waals surface area contributed by atoms with Crippen molar-refractivity contribution in [2.45, 2.75) is 31.1 Å². The Morgan fingerprint density at radius 2 is 1.88 bits per heavy atom. The van der Waals surface area contributed by atoms with Crippen molar-refractivity contribution < 1.29 is 14.6 Å². The van der Waals surface area contributed by atoms with Crippen LogP contribution in [0.1, 0.15) is 18.0 Å². The van der Waals surface area contributed by atoms with Gasteiger partial charge in [-0.05, 0) is 64.2 Å². The van der Waals surface area contributed by atoms with Gasteiger partial charge in [-0.1, -0.05) is 6.08 Å². The molecule has 10 heteroatoms. The maximum Gasteiger partial charge on any atom is 0.146 e. The number of benzene rings is 1. The number of rotatable bonds is 4. The summed E-state index contributed by atoms with van der Waals surface area (Å²) in [5.41, 5.74) is 14.2. The summed E-state index contributed by atoms with van der Waals surface area (Å²) in [6, 6.07) is 6.14. The molecule has 3 aromatic heterocycles. The van der Waals surface area contributed by atoms with Gasteiger partial charge in [0.05, 0.1) is 21.4 Å². The Morgan fingerprint density at radius 3 is 2.69 bits per heavy atom. The highest BCUT2D eigenvalue weighted by Gasteiger charge is 2.36. The zero-order valence-electron chi connectivity index (χ0n) is 16.8. The third kappa shape index (κ3) is 3.40. The average molecular weight is 499 g/mol. The van der Waals surface area contributed by atoms with E-state index in [1.54, 1.807) is 29.0 Å². The van der Waals surface area contributed by atoms with Crippen LogP contribution in [-0.2, 0) is 6.42 Å². The smallest absolute Gasteiger partial charge is 0.146 e. The molecule has 8 nitrogen and oxygen atoms in total. The third-order valence-electron chi connectivity index (χ3n) is 5.93.